The highest BCUT2D eigenvalue weighted by Crippen LogP contribution is 2.24. The first-order valence-electron chi connectivity index (χ1n) is 5.16. The Kier molecular flexibility index (Phi) is 2.76. The molecular formula is C9H14N4O4. The van der Waals surface area contributed by atoms with E-state index >= 15 is 0 Å². The molecule has 1 aliphatic heterocycles. The molecule has 1 aromatic rings. The van der Waals surface area contributed by atoms with Gasteiger partial charge in [-0.1, -0.05) is 0 Å². The van der Waals surface area contributed by atoms with Gasteiger partial charge in [-0.3, -0.25) is 0 Å². The molecule has 0 amide bonds. The lowest BCUT2D eigenvalue weighted by Gasteiger charge is -2.16. The van der Waals surface area contributed by atoms with Gasteiger partial charge in [0, 0.05) is 0 Å². The van der Waals surface area contributed by atoms with Crippen LogP contribution >= 0.6 is 0 Å². The largest absolute Gasteiger partial charge is 0.412 e. The van der Waals surface area contributed by atoms with E-state index in [2.05, 4.69) is 5.10 Å². The number of anilines is 1. The number of nitrogen functional groups attached to an aromatic ring is 1. The topological polar surface area (TPSA) is 105 Å². The standard InChI is InChI=1S/C9H14N4O4/c1-9(2)16-5-6(17-9)3-12-4-7(10)8(11-12)13(14)15/h4,6H,3,5,10H2,1-2H3. The first-order chi connectivity index (χ1) is 7.87. The number of rotatable bonds is 3. The molecule has 0 radical (unpaired) electrons. The quantitative estimate of drug-likeness (QED) is 0.612. The van der Waals surface area contributed by atoms with Crippen molar-refractivity contribution in [1.82, 2.24) is 9.78 Å². The summed E-state index contributed by atoms with van der Waals surface area (Å²) in [6.45, 7) is 4.43. The number of ether oxygens (including phenoxy) is 2. The SMILES string of the molecule is CC1(C)OCC(Cn2cc(N)c([N+](=O)[O-])n2)O1. The summed E-state index contributed by atoms with van der Waals surface area (Å²) in [6.07, 6.45) is 1.25. The van der Waals surface area contributed by atoms with Crippen LogP contribution in [0.2, 0.25) is 0 Å². The second-order valence-corrected chi connectivity index (χ2v) is 4.34. The smallest absolute Gasteiger partial charge is 0.390 e. The van der Waals surface area contributed by atoms with Crippen molar-refractivity contribution in [3.05, 3.63) is 16.3 Å². The number of nitrogens with zero attached hydrogens (tertiary/aromatic N) is 3. The summed E-state index contributed by atoms with van der Waals surface area (Å²) >= 11 is 0. The molecule has 0 bridgehead atoms. The predicted octanol–water partition coefficient (Wildman–Crippen LogP) is 0.525. The second kappa shape index (κ2) is 3.97. The monoisotopic (exact) mass is 242 g/mol. The molecule has 17 heavy (non-hydrogen) atoms. The summed E-state index contributed by atoms with van der Waals surface area (Å²) in [4.78, 5) is 9.96. The third-order valence-electron chi connectivity index (χ3n) is 2.40. The normalized spacial score (nSPS) is 22.8. The molecule has 8 heteroatoms. The van der Waals surface area contributed by atoms with E-state index in [4.69, 9.17) is 15.2 Å². The Hall–Kier alpha value is -1.67. The number of nitrogens with two attached hydrogens (primary N) is 1. The van der Waals surface area contributed by atoms with Crippen LogP contribution in [0.15, 0.2) is 6.20 Å². The van der Waals surface area contributed by atoms with Crippen LogP contribution in [0.4, 0.5) is 11.5 Å². The maximum absolute atomic E-state index is 10.6. The molecule has 1 aromatic heterocycles. The van der Waals surface area contributed by atoms with Crippen molar-refractivity contribution in [2.75, 3.05) is 12.3 Å². The van der Waals surface area contributed by atoms with Crippen molar-refractivity contribution in [2.45, 2.75) is 32.3 Å². The van der Waals surface area contributed by atoms with Crippen LogP contribution in [0.3, 0.4) is 0 Å². The van der Waals surface area contributed by atoms with Gasteiger partial charge in [0.15, 0.2) is 11.5 Å². The van der Waals surface area contributed by atoms with Crippen LogP contribution < -0.4 is 5.73 Å². The van der Waals surface area contributed by atoms with Crippen LogP contribution in [-0.2, 0) is 16.0 Å². The van der Waals surface area contributed by atoms with Gasteiger partial charge in [-0.25, -0.2) is 0 Å². The highest BCUT2D eigenvalue weighted by atomic mass is 16.7. The van der Waals surface area contributed by atoms with Crippen molar-refractivity contribution in [2.24, 2.45) is 0 Å². The van der Waals surface area contributed by atoms with Gasteiger partial charge < -0.3 is 25.3 Å². The van der Waals surface area contributed by atoms with Crippen molar-refractivity contribution >= 4 is 11.5 Å². The number of aromatic nitrogens is 2. The molecule has 8 nitrogen and oxygen atoms in total. The van der Waals surface area contributed by atoms with E-state index in [1.165, 1.54) is 10.9 Å². The van der Waals surface area contributed by atoms with Crippen LogP contribution in [0.1, 0.15) is 13.8 Å². The van der Waals surface area contributed by atoms with Gasteiger partial charge in [0.25, 0.3) is 0 Å². The fourth-order valence-corrected chi connectivity index (χ4v) is 1.72. The lowest BCUT2D eigenvalue weighted by Crippen LogP contribution is -2.24. The molecule has 94 valence electrons. The zero-order chi connectivity index (χ0) is 12.6. The van der Waals surface area contributed by atoms with Crippen molar-refractivity contribution in [1.29, 1.82) is 0 Å². The molecule has 2 N–H and O–H groups in total. The summed E-state index contributed by atoms with van der Waals surface area (Å²) in [5, 5.41) is 14.3. The van der Waals surface area contributed by atoms with E-state index < -0.39 is 10.7 Å². The molecule has 2 heterocycles. The zero-order valence-corrected chi connectivity index (χ0v) is 9.62. The zero-order valence-electron chi connectivity index (χ0n) is 9.62. The lowest BCUT2D eigenvalue weighted by atomic mass is 10.4. The van der Waals surface area contributed by atoms with E-state index in [0.29, 0.717) is 13.2 Å². The minimum absolute atomic E-state index is 0.0492. The number of hydrogen-bond donors (Lipinski definition) is 1. The Morgan fingerprint density at radius 1 is 1.76 bits per heavy atom. The van der Waals surface area contributed by atoms with Crippen LogP contribution in [0, 0.1) is 10.1 Å². The minimum atomic E-state index is -0.616. The van der Waals surface area contributed by atoms with Gasteiger partial charge >= 0.3 is 5.82 Å². The van der Waals surface area contributed by atoms with E-state index in [0.717, 1.165) is 0 Å². The Morgan fingerprint density at radius 2 is 2.47 bits per heavy atom. The Labute approximate surface area is 97.4 Å². The number of nitro groups is 1. The Balaban J connectivity index is 2.05. The van der Waals surface area contributed by atoms with Crippen molar-refractivity contribution < 1.29 is 14.4 Å². The molecular weight excluding hydrogens is 228 g/mol. The Bertz CT molecular complexity index is 442. The third-order valence-corrected chi connectivity index (χ3v) is 2.40. The molecule has 0 aromatic carbocycles. The molecule has 1 fully saturated rings. The average molecular weight is 242 g/mol. The molecule has 1 saturated heterocycles. The van der Waals surface area contributed by atoms with Gasteiger partial charge in [-0.2, -0.15) is 4.68 Å². The fourth-order valence-electron chi connectivity index (χ4n) is 1.72. The maximum atomic E-state index is 10.6. The van der Waals surface area contributed by atoms with E-state index in [-0.39, 0.29) is 17.6 Å². The van der Waals surface area contributed by atoms with Gasteiger partial charge in [0.1, 0.15) is 6.10 Å². The summed E-state index contributed by atoms with van der Waals surface area (Å²) in [7, 11) is 0. The molecule has 0 spiro atoms. The van der Waals surface area contributed by atoms with Crippen LogP contribution in [-0.4, -0.2) is 33.2 Å². The van der Waals surface area contributed by atoms with E-state index in [1.807, 2.05) is 13.8 Å². The van der Waals surface area contributed by atoms with Crippen molar-refractivity contribution in [3.8, 4) is 0 Å². The summed E-state index contributed by atoms with van der Waals surface area (Å²) in [5.41, 5.74) is 5.52. The first-order valence-corrected chi connectivity index (χ1v) is 5.16. The van der Waals surface area contributed by atoms with E-state index in [1.54, 1.807) is 0 Å². The first kappa shape index (κ1) is 11.8. The van der Waals surface area contributed by atoms with Crippen LogP contribution in [0.5, 0.6) is 0 Å². The molecule has 0 aliphatic carbocycles. The van der Waals surface area contributed by atoms with Crippen LogP contribution in [0.25, 0.3) is 0 Å². The summed E-state index contributed by atoms with van der Waals surface area (Å²) in [5.74, 6) is -0.946. The molecule has 1 atom stereocenters. The highest BCUT2D eigenvalue weighted by molar-refractivity contribution is 5.51. The van der Waals surface area contributed by atoms with Crippen molar-refractivity contribution in [3.63, 3.8) is 0 Å². The fraction of sp³-hybridized carbons (Fsp3) is 0.667. The average Bonchev–Trinajstić information content (AvgIpc) is 2.70. The molecule has 1 aliphatic rings. The molecule has 0 saturated carbocycles. The third kappa shape index (κ3) is 2.53. The summed E-state index contributed by atoms with van der Waals surface area (Å²) in [6, 6.07) is 0. The van der Waals surface area contributed by atoms with Gasteiger partial charge in [-0.15, -0.1) is 0 Å². The maximum Gasteiger partial charge on any atom is 0.412 e. The Morgan fingerprint density at radius 3 is 2.94 bits per heavy atom. The van der Waals surface area contributed by atoms with Gasteiger partial charge in [0.2, 0.25) is 0 Å². The lowest BCUT2D eigenvalue weighted by molar-refractivity contribution is -0.388. The molecule has 1 unspecified atom stereocenters. The highest BCUT2D eigenvalue weighted by Gasteiger charge is 2.34. The summed E-state index contributed by atoms with van der Waals surface area (Å²) < 4.78 is 12.4. The predicted molar refractivity (Wildman–Crippen MR) is 58.2 cm³/mol. The van der Waals surface area contributed by atoms with Gasteiger partial charge in [-0.05, 0) is 18.8 Å². The number of hydrogen-bond acceptors (Lipinski definition) is 6. The molecule has 2 rings (SSSR count). The van der Waals surface area contributed by atoms with E-state index in [9.17, 15) is 10.1 Å². The second-order valence-electron chi connectivity index (χ2n) is 4.34. The van der Waals surface area contributed by atoms with Gasteiger partial charge in [0.05, 0.1) is 24.4 Å². The minimum Gasteiger partial charge on any atom is -0.390 e.